The lowest BCUT2D eigenvalue weighted by Gasteiger charge is -2.34. The molecule has 2 N–H and O–H groups in total. The Morgan fingerprint density at radius 2 is 1.81 bits per heavy atom. The van der Waals surface area contributed by atoms with Gasteiger partial charge in [0.15, 0.2) is 0 Å². The van der Waals surface area contributed by atoms with Gasteiger partial charge in [-0.1, -0.05) is 18.7 Å². The van der Waals surface area contributed by atoms with E-state index in [4.69, 9.17) is 9.97 Å². The second kappa shape index (κ2) is 10.4. The van der Waals surface area contributed by atoms with Gasteiger partial charge in [-0.15, -0.1) is 0 Å². The summed E-state index contributed by atoms with van der Waals surface area (Å²) in [6, 6.07) is 16.4. The number of likely N-dealkylation sites (N-methyl/N-ethyl adjacent to an activating group) is 1. The highest BCUT2D eigenvalue weighted by molar-refractivity contribution is 5.98. The molecule has 5 rings (SSSR count). The Bertz CT molecular complexity index is 1250. The van der Waals surface area contributed by atoms with E-state index in [9.17, 15) is 4.79 Å². The molecule has 3 aromatic rings. The number of nitrogens with one attached hydrogen (secondary N) is 2. The van der Waals surface area contributed by atoms with Gasteiger partial charge in [-0.05, 0) is 68.4 Å². The molecule has 186 valence electrons. The van der Waals surface area contributed by atoms with E-state index < -0.39 is 0 Å². The molecule has 0 saturated carbocycles. The molecule has 8 heteroatoms. The van der Waals surface area contributed by atoms with Crippen LogP contribution in [0.15, 0.2) is 61.2 Å². The predicted molar refractivity (Wildman–Crippen MR) is 146 cm³/mol. The number of fused-ring (bicyclic) bond motifs is 1. The Hall–Kier alpha value is -3.91. The molecule has 1 fully saturated rings. The minimum atomic E-state index is -0.214. The average Bonchev–Trinajstić information content (AvgIpc) is 3.28. The fraction of sp³-hybridized carbons (Fsp3) is 0.321. The monoisotopic (exact) mass is 483 g/mol. The third-order valence-corrected chi connectivity index (χ3v) is 6.87. The third-order valence-electron chi connectivity index (χ3n) is 6.87. The zero-order valence-electron chi connectivity index (χ0n) is 21.0. The van der Waals surface area contributed by atoms with Crippen molar-refractivity contribution >= 4 is 34.7 Å². The van der Waals surface area contributed by atoms with Crippen molar-refractivity contribution in [1.29, 1.82) is 0 Å². The van der Waals surface area contributed by atoms with Gasteiger partial charge < -0.3 is 25.3 Å². The molecule has 0 unspecified atom stereocenters. The standard InChI is InChI=1S/C28H33N7O/c1-4-26(36)30-23-7-5-6-21(18-23)19-35-13-12-25-20(2)29-28(32-27(25)35)31-22-8-10-24(11-9-22)34-16-14-33(3)15-17-34/h4-11,18H,1,12-17,19H2,2-3H3,(H,30,36)(H,29,31,32). The number of piperazine rings is 1. The Balaban J connectivity index is 1.29. The van der Waals surface area contributed by atoms with Gasteiger partial charge in [0.25, 0.3) is 0 Å². The highest BCUT2D eigenvalue weighted by Gasteiger charge is 2.24. The fourth-order valence-electron chi connectivity index (χ4n) is 4.81. The minimum Gasteiger partial charge on any atom is -0.369 e. The van der Waals surface area contributed by atoms with Crippen molar-refractivity contribution in [3.63, 3.8) is 0 Å². The first-order valence-corrected chi connectivity index (χ1v) is 12.4. The Morgan fingerprint density at radius 3 is 2.56 bits per heavy atom. The first-order chi connectivity index (χ1) is 17.5. The normalized spacial score (nSPS) is 15.5. The van der Waals surface area contributed by atoms with Crippen LogP contribution in [-0.4, -0.2) is 60.5 Å². The molecule has 0 spiro atoms. The molecular formula is C28H33N7O. The smallest absolute Gasteiger partial charge is 0.247 e. The summed E-state index contributed by atoms with van der Waals surface area (Å²) in [6.07, 6.45) is 2.20. The van der Waals surface area contributed by atoms with Gasteiger partial charge in [0.1, 0.15) is 5.82 Å². The molecule has 36 heavy (non-hydrogen) atoms. The number of nitrogens with zero attached hydrogens (tertiary/aromatic N) is 5. The van der Waals surface area contributed by atoms with E-state index in [-0.39, 0.29) is 5.91 Å². The van der Waals surface area contributed by atoms with Crippen LogP contribution < -0.4 is 20.4 Å². The summed E-state index contributed by atoms with van der Waals surface area (Å²) in [4.78, 5) is 28.4. The molecule has 3 heterocycles. The topological polar surface area (TPSA) is 76.6 Å². The maximum absolute atomic E-state index is 11.7. The van der Waals surface area contributed by atoms with Crippen molar-refractivity contribution in [2.75, 3.05) is 60.2 Å². The second-order valence-electron chi connectivity index (χ2n) is 9.46. The van der Waals surface area contributed by atoms with Crippen LogP contribution in [0.25, 0.3) is 0 Å². The molecule has 2 aliphatic heterocycles. The van der Waals surface area contributed by atoms with E-state index in [0.29, 0.717) is 12.5 Å². The highest BCUT2D eigenvalue weighted by Crippen LogP contribution is 2.31. The Morgan fingerprint density at radius 1 is 1.03 bits per heavy atom. The molecule has 1 aromatic heterocycles. The van der Waals surface area contributed by atoms with E-state index >= 15 is 0 Å². The van der Waals surface area contributed by atoms with Crippen molar-refractivity contribution in [2.24, 2.45) is 0 Å². The fourth-order valence-corrected chi connectivity index (χ4v) is 4.81. The number of rotatable bonds is 7. The number of carbonyl (C=O) groups excluding carboxylic acids is 1. The lowest BCUT2D eigenvalue weighted by atomic mass is 10.2. The number of anilines is 5. The van der Waals surface area contributed by atoms with E-state index in [1.165, 1.54) is 17.3 Å². The van der Waals surface area contributed by atoms with E-state index in [2.05, 4.69) is 76.2 Å². The van der Waals surface area contributed by atoms with Crippen molar-refractivity contribution in [3.8, 4) is 0 Å². The zero-order chi connectivity index (χ0) is 25.1. The molecule has 0 bridgehead atoms. The summed E-state index contributed by atoms with van der Waals surface area (Å²) in [5.41, 5.74) is 6.29. The molecule has 0 aliphatic carbocycles. The van der Waals surface area contributed by atoms with Crippen LogP contribution in [0, 0.1) is 6.92 Å². The average molecular weight is 484 g/mol. The molecule has 2 aliphatic rings. The van der Waals surface area contributed by atoms with Crippen LogP contribution in [-0.2, 0) is 17.8 Å². The van der Waals surface area contributed by atoms with E-state index in [1.54, 1.807) is 0 Å². The summed E-state index contributed by atoms with van der Waals surface area (Å²) in [6.45, 7) is 11.4. The molecule has 8 nitrogen and oxygen atoms in total. The van der Waals surface area contributed by atoms with E-state index in [0.717, 1.165) is 67.6 Å². The maximum atomic E-state index is 11.7. The van der Waals surface area contributed by atoms with Crippen LogP contribution in [0.2, 0.25) is 0 Å². The molecular weight excluding hydrogens is 450 g/mol. The van der Waals surface area contributed by atoms with Crippen molar-refractivity contribution in [3.05, 3.63) is 78.0 Å². The quantitative estimate of drug-likeness (QED) is 0.493. The minimum absolute atomic E-state index is 0.214. The van der Waals surface area contributed by atoms with Crippen molar-refractivity contribution in [1.82, 2.24) is 14.9 Å². The second-order valence-corrected chi connectivity index (χ2v) is 9.46. The molecule has 1 saturated heterocycles. The SMILES string of the molecule is C=CC(=O)Nc1cccc(CN2CCc3c(C)nc(Nc4ccc(N5CCN(C)CC5)cc4)nc32)c1. The number of aryl methyl sites for hydroxylation is 1. The highest BCUT2D eigenvalue weighted by atomic mass is 16.1. The number of benzene rings is 2. The molecule has 0 radical (unpaired) electrons. The van der Waals surface area contributed by atoms with Gasteiger partial charge in [0.05, 0.1) is 0 Å². The maximum Gasteiger partial charge on any atom is 0.247 e. The molecule has 0 atom stereocenters. The zero-order valence-corrected chi connectivity index (χ0v) is 21.0. The summed E-state index contributed by atoms with van der Waals surface area (Å²) in [5.74, 6) is 1.37. The summed E-state index contributed by atoms with van der Waals surface area (Å²) >= 11 is 0. The third kappa shape index (κ3) is 5.33. The van der Waals surface area contributed by atoms with Gasteiger partial charge in [-0.2, -0.15) is 4.98 Å². The summed E-state index contributed by atoms with van der Waals surface area (Å²) < 4.78 is 0. The lowest BCUT2D eigenvalue weighted by Crippen LogP contribution is -2.44. The molecule has 2 aromatic carbocycles. The van der Waals surface area contributed by atoms with Crippen LogP contribution in [0.4, 0.5) is 28.8 Å². The van der Waals surface area contributed by atoms with Gasteiger partial charge in [0.2, 0.25) is 11.9 Å². The van der Waals surface area contributed by atoms with Crippen LogP contribution in [0.5, 0.6) is 0 Å². The number of amides is 1. The predicted octanol–water partition coefficient (Wildman–Crippen LogP) is 3.97. The van der Waals surface area contributed by atoms with Gasteiger partial charge in [0, 0.05) is 67.6 Å². The van der Waals surface area contributed by atoms with Gasteiger partial charge in [-0.25, -0.2) is 4.98 Å². The van der Waals surface area contributed by atoms with Crippen LogP contribution in [0.1, 0.15) is 16.8 Å². The lowest BCUT2D eigenvalue weighted by molar-refractivity contribution is -0.111. The number of carbonyl (C=O) groups is 1. The van der Waals surface area contributed by atoms with Crippen LogP contribution in [0.3, 0.4) is 0 Å². The summed E-state index contributed by atoms with van der Waals surface area (Å²) in [5, 5.41) is 6.23. The van der Waals surface area contributed by atoms with Crippen LogP contribution >= 0.6 is 0 Å². The van der Waals surface area contributed by atoms with E-state index in [1.807, 2.05) is 18.2 Å². The van der Waals surface area contributed by atoms with Gasteiger partial charge >= 0.3 is 0 Å². The first-order valence-electron chi connectivity index (χ1n) is 12.4. The van der Waals surface area contributed by atoms with Gasteiger partial charge in [-0.3, -0.25) is 4.79 Å². The number of aromatic nitrogens is 2. The molecule has 1 amide bonds. The first kappa shape index (κ1) is 23.8. The number of hydrogen-bond acceptors (Lipinski definition) is 7. The Labute approximate surface area is 212 Å². The largest absolute Gasteiger partial charge is 0.369 e. The number of hydrogen-bond donors (Lipinski definition) is 2. The van der Waals surface area contributed by atoms with Crippen molar-refractivity contribution in [2.45, 2.75) is 19.9 Å². The Kier molecular flexibility index (Phi) is 6.86. The summed E-state index contributed by atoms with van der Waals surface area (Å²) in [7, 11) is 2.17. The van der Waals surface area contributed by atoms with Crippen molar-refractivity contribution < 1.29 is 4.79 Å².